The molecule has 0 saturated carbocycles. The molecule has 2 aliphatic rings. The Balaban J connectivity index is 1.86. The van der Waals surface area contributed by atoms with Crippen molar-refractivity contribution in [3.05, 3.63) is 0 Å². The molecule has 0 aromatic carbocycles. The summed E-state index contributed by atoms with van der Waals surface area (Å²) < 4.78 is 4.66. The minimum absolute atomic E-state index is 0.229. The van der Waals surface area contributed by atoms with E-state index in [1.165, 1.54) is 7.11 Å². The summed E-state index contributed by atoms with van der Waals surface area (Å²) in [6, 6.07) is -0.290. The highest BCUT2D eigenvalue weighted by Crippen LogP contribution is 2.27. The maximum atomic E-state index is 11.2. The summed E-state index contributed by atoms with van der Waals surface area (Å²) in [6.07, 6.45) is 0.919. The van der Waals surface area contributed by atoms with Gasteiger partial charge in [-0.2, -0.15) is 0 Å². The Kier molecular flexibility index (Phi) is 3.69. The zero-order chi connectivity index (χ0) is 10.7. The summed E-state index contributed by atoms with van der Waals surface area (Å²) in [6.45, 7) is 0.868. The molecule has 0 aromatic heterocycles. The van der Waals surface area contributed by atoms with Gasteiger partial charge in [0.2, 0.25) is 0 Å². The number of methoxy groups -OCH3 is 1. The molecular weight excluding hydrogens is 232 g/mol. The van der Waals surface area contributed by atoms with Crippen LogP contribution in [0.4, 0.5) is 0 Å². The molecule has 0 radical (unpaired) electrons. The molecule has 0 amide bonds. The summed E-state index contributed by atoms with van der Waals surface area (Å²) in [7, 11) is 1.40. The number of hydrogen-bond acceptors (Lipinski definition) is 6. The smallest absolute Gasteiger partial charge is 0.331 e. The van der Waals surface area contributed by atoms with Crippen LogP contribution in [0.15, 0.2) is 9.98 Å². The van der Waals surface area contributed by atoms with Crippen LogP contribution in [-0.4, -0.2) is 47.3 Å². The lowest BCUT2D eigenvalue weighted by Gasteiger charge is -2.05. The third kappa shape index (κ3) is 2.75. The van der Waals surface area contributed by atoms with Gasteiger partial charge in [0.05, 0.1) is 24.2 Å². The zero-order valence-electron chi connectivity index (χ0n) is 8.38. The van der Waals surface area contributed by atoms with Crippen LogP contribution in [-0.2, 0) is 9.53 Å². The molecule has 2 unspecified atom stereocenters. The van der Waals surface area contributed by atoms with Crippen molar-refractivity contribution in [3.63, 3.8) is 0 Å². The Morgan fingerprint density at radius 2 is 2.60 bits per heavy atom. The van der Waals surface area contributed by atoms with Gasteiger partial charge < -0.3 is 4.74 Å². The van der Waals surface area contributed by atoms with Gasteiger partial charge in [0.15, 0.2) is 6.04 Å². The van der Waals surface area contributed by atoms with Gasteiger partial charge in [-0.25, -0.2) is 4.79 Å². The first-order chi connectivity index (χ1) is 7.29. The van der Waals surface area contributed by atoms with Gasteiger partial charge in [-0.15, -0.1) is 23.5 Å². The SMILES string of the molecule is COC(=O)C1CSC(CC2CN=CS2)=N1. The topological polar surface area (TPSA) is 51.0 Å². The third-order valence-corrected chi connectivity index (χ3v) is 4.28. The number of nitrogens with zero attached hydrogens (tertiary/aromatic N) is 2. The second-order valence-corrected chi connectivity index (χ2v) is 5.55. The van der Waals surface area contributed by atoms with Crippen LogP contribution >= 0.6 is 23.5 Å². The highest BCUT2D eigenvalue weighted by molar-refractivity contribution is 8.15. The number of esters is 1. The summed E-state index contributed by atoms with van der Waals surface area (Å²) in [5.41, 5.74) is 1.89. The first kappa shape index (κ1) is 11.0. The monoisotopic (exact) mass is 244 g/mol. The molecule has 0 N–H and O–H groups in total. The molecule has 2 atom stereocenters. The number of ether oxygens (including phenoxy) is 1. The first-order valence-electron chi connectivity index (χ1n) is 4.70. The average molecular weight is 244 g/mol. The minimum Gasteiger partial charge on any atom is -0.467 e. The number of hydrogen-bond donors (Lipinski definition) is 0. The molecule has 0 aliphatic carbocycles. The second-order valence-electron chi connectivity index (χ2n) is 3.31. The summed E-state index contributed by atoms with van der Waals surface area (Å²) in [5, 5.41) is 1.57. The Morgan fingerprint density at radius 1 is 1.73 bits per heavy atom. The van der Waals surface area contributed by atoms with Crippen LogP contribution in [0.5, 0.6) is 0 Å². The predicted molar refractivity (Wildman–Crippen MR) is 65.1 cm³/mol. The maximum Gasteiger partial charge on any atom is 0.331 e. The molecule has 0 spiro atoms. The third-order valence-electron chi connectivity index (χ3n) is 2.22. The van der Waals surface area contributed by atoms with E-state index in [2.05, 4.69) is 14.7 Å². The molecule has 0 aromatic rings. The number of rotatable bonds is 3. The normalized spacial score (nSPS) is 29.3. The molecule has 0 saturated heterocycles. The Morgan fingerprint density at radius 3 is 3.27 bits per heavy atom. The molecule has 0 fully saturated rings. The van der Waals surface area contributed by atoms with Gasteiger partial charge >= 0.3 is 5.97 Å². The zero-order valence-corrected chi connectivity index (χ0v) is 10.0. The molecule has 2 rings (SSSR count). The van der Waals surface area contributed by atoms with E-state index in [0.717, 1.165) is 23.8 Å². The summed E-state index contributed by atoms with van der Waals surface area (Å²) in [5.74, 6) is 0.494. The van der Waals surface area contributed by atoms with Crippen LogP contribution in [0.3, 0.4) is 0 Å². The molecule has 6 heteroatoms. The molecule has 15 heavy (non-hydrogen) atoms. The highest BCUT2D eigenvalue weighted by Gasteiger charge is 2.27. The summed E-state index contributed by atoms with van der Waals surface area (Å²) >= 11 is 3.40. The van der Waals surface area contributed by atoms with Crippen molar-refractivity contribution >= 4 is 40.1 Å². The lowest BCUT2D eigenvalue weighted by molar-refractivity contribution is -0.141. The molecule has 2 heterocycles. The maximum absolute atomic E-state index is 11.2. The quantitative estimate of drug-likeness (QED) is 0.700. The van der Waals surface area contributed by atoms with Gasteiger partial charge in [-0.05, 0) is 0 Å². The molecule has 0 bridgehead atoms. The lowest BCUT2D eigenvalue weighted by atomic mass is 10.3. The van der Waals surface area contributed by atoms with Crippen molar-refractivity contribution < 1.29 is 9.53 Å². The van der Waals surface area contributed by atoms with E-state index in [0.29, 0.717) is 5.25 Å². The van der Waals surface area contributed by atoms with Crippen molar-refractivity contribution in [1.29, 1.82) is 0 Å². The van der Waals surface area contributed by atoms with Crippen molar-refractivity contribution in [2.75, 3.05) is 19.4 Å². The van der Waals surface area contributed by atoms with Crippen molar-refractivity contribution in [2.45, 2.75) is 17.7 Å². The van der Waals surface area contributed by atoms with Crippen LogP contribution < -0.4 is 0 Å². The van der Waals surface area contributed by atoms with Crippen molar-refractivity contribution in [3.8, 4) is 0 Å². The fourth-order valence-corrected chi connectivity index (χ4v) is 3.39. The number of carbonyl (C=O) groups is 1. The van der Waals surface area contributed by atoms with Crippen LogP contribution in [0.2, 0.25) is 0 Å². The van der Waals surface area contributed by atoms with Crippen LogP contribution in [0.1, 0.15) is 6.42 Å². The van der Waals surface area contributed by atoms with Crippen molar-refractivity contribution in [2.24, 2.45) is 9.98 Å². The van der Waals surface area contributed by atoms with Crippen LogP contribution in [0.25, 0.3) is 0 Å². The van der Waals surface area contributed by atoms with E-state index in [1.807, 2.05) is 5.55 Å². The summed E-state index contributed by atoms with van der Waals surface area (Å²) in [4.78, 5) is 19.7. The van der Waals surface area contributed by atoms with Crippen LogP contribution in [0, 0.1) is 0 Å². The van der Waals surface area contributed by atoms with Gasteiger partial charge in [0.25, 0.3) is 0 Å². The van der Waals surface area contributed by atoms with E-state index in [9.17, 15) is 4.79 Å². The minimum atomic E-state index is -0.290. The number of thioether (sulfide) groups is 2. The van der Waals surface area contributed by atoms with Crippen molar-refractivity contribution in [1.82, 2.24) is 0 Å². The van der Waals surface area contributed by atoms with E-state index < -0.39 is 0 Å². The Bertz CT molecular complexity index is 309. The average Bonchev–Trinajstić information content (AvgIpc) is 2.88. The molecule has 2 aliphatic heterocycles. The van der Waals surface area contributed by atoms with E-state index in [4.69, 9.17) is 0 Å². The van der Waals surface area contributed by atoms with E-state index in [1.54, 1.807) is 23.5 Å². The number of aliphatic imine (C=N–C) groups is 2. The van der Waals surface area contributed by atoms with Gasteiger partial charge in [0, 0.05) is 17.4 Å². The largest absolute Gasteiger partial charge is 0.467 e. The van der Waals surface area contributed by atoms with E-state index in [-0.39, 0.29) is 12.0 Å². The Labute approximate surface area is 97.0 Å². The molecular formula is C9H12N2O2S2. The van der Waals surface area contributed by atoms with Gasteiger partial charge in [-0.3, -0.25) is 9.98 Å². The van der Waals surface area contributed by atoms with Gasteiger partial charge in [0.1, 0.15) is 0 Å². The highest BCUT2D eigenvalue weighted by atomic mass is 32.2. The predicted octanol–water partition coefficient (Wildman–Crippen LogP) is 1.21. The molecule has 82 valence electrons. The Hall–Kier alpha value is -0.490. The number of carbonyl (C=O) groups excluding carboxylic acids is 1. The van der Waals surface area contributed by atoms with Gasteiger partial charge in [-0.1, -0.05) is 0 Å². The fourth-order valence-electron chi connectivity index (χ4n) is 1.43. The fraction of sp³-hybridized carbons (Fsp3) is 0.667. The van der Waals surface area contributed by atoms with E-state index >= 15 is 0 Å². The first-order valence-corrected chi connectivity index (χ1v) is 6.63. The second kappa shape index (κ2) is 5.03. The standard InChI is InChI=1S/C9H12N2O2S2/c1-13-9(12)7-4-14-8(11-7)2-6-3-10-5-15-6/h5-7H,2-4H2,1H3. The molecule has 4 nitrogen and oxygen atoms in total. The lowest BCUT2D eigenvalue weighted by Crippen LogP contribution is -2.19.